The zero-order valence-corrected chi connectivity index (χ0v) is 86.7. The van der Waals surface area contributed by atoms with Crippen molar-refractivity contribution in [1.29, 1.82) is 0 Å². The summed E-state index contributed by atoms with van der Waals surface area (Å²) in [5.74, 6) is 3.45. The van der Waals surface area contributed by atoms with Gasteiger partial charge in [-0.2, -0.15) is 0 Å². The van der Waals surface area contributed by atoms with Crippen LogP contribution in [0.2, 0.25) is 0 Å². The first-order valence-corrected chi connectivity index (χ1v) is 49.1. The van der Waals surface area contributed by atoms with Crippen molar-refractivity contribution in [2.24, 2.45) is 17.6 Å². The van der Waals surface area contributed by atoms with Crippen molar-refractivity contribution in [2.45, 2.75) is 312 Å². The average Bonchev–Trinajstić information content (AvgIpc) is 1.49. The van der Waals surface area contributed by atoms with Gasteiger partial charge in [-0.15, -0.1) is 0 Å². The molecule has 5 aliphatic heterocycles. The standard InChI is InChI=1S/C21H35N3O.C17H27NO.C16H20N2.C16H23NO2.C15H23NO.2C14H22N2O/c1-21(2,3)19-9-6-8-18(16-19)17-24-14-12-23(13-15-24)11-7-10-20(25)22(4)5;1-13(2)18-11-10-16(12-18)19-15-8-6-14(7-9-15)17(3,4)5;1-16(2,3)13-9-11-18-15(12-13)8-7-14-6-4-5-10-17-14;1-12(18)17-10-9-15(11-17)19-14-7-5-13(6-8-14)16(2,3)4;1-15(2,3)13-4-7-16-14(11-13)10-12-5-8-17-9-6-12;1-14(2,3)13-9-12(15-10-16-13)8-11-4-6-17-7-5-11;1-14(2,3)12-7-5-6-11(8-12)9-16(4)10-13(15)17/h6,8-9,16H,7,10-15,17H2,1-5H3;6-9,13,16H,10-12H2,1-5H3;4-6,9-12H,7-8H2,1-3H3;5-8,15H,9-11H2,1-4H3;4,7,11-12H,5-6,8-10H2,1-3H3;9-11H,4-8H2,1-3H3;5-8H,9-10H2,1-4H3,(H2,15,17). The van der Waals surface area contributed by atoms with Crippen LogP contribution in [0.1, 0.15) is 291 Å². The second-order valence-corrected chi connectivity index (χ2v) is 44.8. The molecule has 0 radical (unpaired) electrons. The third kappa shape index (κ3) is 41.2. The monoisotopic (exact) mass is 1810 g/mol. The number of hydrogen-bond acceptors (Lipinski definition) is 16. The highest BCUT2D eigenvalue weighted by Gasteiger charge is 2.30. The summed E-state index contributed by atoms with van der Waals surface area (Å²) in [4.78, 5) is 68.7. The second-order valence-electron chi connectivity index (χ2n) is 44.8. The summed E-state index contributed by atoms with van der Waals surface area (Å²) in [5.41, 5.74) is 23.0. The van der Waals surface area contributed by atoms with Crippen LogP contribution in [-0.4, -0.2) is 203 Å². The number of nitrogens with two attached hydrogens (primary N) is 1. The Morgan fingerprint density at radius 2 is 0.894 bits per heavy atom. The van der Waals surface area contributed by atoms with E-state index in [1.165, 1.54) is 68.7 Å². The van der Waals surface area contributed by atoms with Gasteiger partial charge in [-0.25, -0.2) is 9.97 Å². The maximum absolute atomic E-state index is 11.6. The zero-order valence-electron chi connectivity index (χ0n) is 86.7. The number of carbonyl (C=O) groups is 3. The molecule has 5 saturated heterocycles. The van der Waals surface area contributed by atoms with Crippen molar-refractivity contribution in [2.75, 3.05) is 113 Å². The summed E-state index contributed by atoms with van der Waals surface area (Å²) in [5, 5.41) is 0. The molecule has 8 aromatic rings. The number of benzene rings is 4. The molecule has 0 bridgehead atoms. The van der Waals surface area contributed by atoms with E-state index < -0.39 is 0 Å². The molecule has 4 aromatic carbocycles. The lowest BCUT2D eigenvalue weighted by atomic mass is 9.86. The number of aromatic nitrogens is 5. The number of aryl methyl sites for hydroxylation is 2. The molecule has 132 heavy (non-hydrogen) atoms. The number of piperazine rings is 1. The fraction of sp³-hybridized carbons (Fsp3) is 0.593. The molecule has 19 heteroatoms. The third-order valence-electron chi connectivity index (χ3n) is 25.1. The lowest BCUT2D eigenvalue weighted by Gasteiger charge is -2.35. The fourth-order valence-electron chi connectivity index (χ4n) is 16.2. The SMILES string of the molecule is CC(=O)N1CCC(Oc2ccc(C(C)(C)C)cc2)C1.CC(C)(C)c1cc(CC2CCOCC2)ncn1.CC(C)(C)c1ccnc(CC2CCOCC2)c1.CC(C)(C)c1ccnc(CCc2ccccn2)c1.CC(C)N1CCC(Oc2ccc(C(C)(C)C)cc2)C1.CN(C)C(=O)CCCN1CCN(Cc2cccc(C(C)(C)C)c2)CC1.CN(CC(N)=O)Cc1cccc(C(C)(C)C)c1. The molecule has 9 heterocycles. The normalized spacial score (nSPS) is 16.8. The fourth-order valence-corrected chi connectivity index (χ4v) is 16.2. The smallest absolute Gasteiger partial charge is 0.231 e. The van der Waals surface area contributed by atoms with Crippen LogP contribution in [0.3, 0.4) is 0 Å². The summed E-state index contributed by atoms with van der Waals surface area (Å²) < 4.78 is 22.8. The minimum atomic E-state index is -0.292. The van der Waals surface area contributed by atoms with E-state index in [0.29, 0.717) is 31.7 Å². The van der Waals surface area contributed by atoms with Gasteiger partial charge in [0.05, 0.1) is 13.1 Å². The maximum atomic E-state index is 11.6. The predicted molar refractivity (Wildman–Crippen MR) is 546 cm³/mol. The van der Waals surface area contributed by atoms with Gasteiger partial charge in [0.15, 0.2) is 0 Å². The number of likely N-dealkylation sites (N-methyl/N-ethyl adjacent to an activating group) is 1. The summed E-state index contributed by atoms with van der Waals surface area (Å²) in [6, 6.07) is 51.9. The molecule has 13 rings (SSSR count). The third-order valence-corrected chi connectivity index (χ3v) is 25.1. The number of hydrogen-bond donors (Lipinski definition) is 1. The molecular formula is C113H172N12O7. The summed E-state index contributed by atoms with van der Waals surface area (Å²) in [6.07, 6.45) is 20.3. The van der Waals surface area contributed by atoms with Crippen molar-refractivity contribution >= 4 is 17.7 Å². The quantitative estimate of drug-likeness (QED) is 0.0671. The van der Waals surface area contributed by atoms with Crippen LogP contribution in [0, 0.1) is 11.8 Å². The summed E-state index contributed by atoms with van der Waals surface area (Å²) >= 11 is 0. The van der Waals surface area contributed by atoms with Crippen molar-refractivity contribution in [3.63, 3.8) is 0 Å². The Kier molecular flexibility index (Phi) is 43.7. The number of ether oxygens (including phenoxy) is 4. The molecule has 0 spiro atoms. The minimum Gasteiger partial charge on any atom is -0.489 e. The van der Waals surface area contributed by atoms with E-state index in [2.05, 4.69) is 320 Å². The van der Waals surface area contributed by atoms with Crippen LogP contribution >= 0.6 is 0 Å². The zero-order chi connectivity index (χ0) is 97.2. The van der Waals surface area contributed by atoms with Gasteiger partial charge in [-0.1, -0.05) is 224 Å². The van der Waals surface area contributed by atoms with E-state index in [1.807, 2.05) is 73.8 Å². The Labute approximate surface area is 798 Å². The van der Waals surface area contributed by atoms with Crippen LogP contribution < -0.4 is 15.2 Å². The molecule has 726 valence electrons. The van der Waals surface area contributed by atoms with Gasteiger partial charge >= 0.3 is 0 Å². The minimum absolute atomic E-state index is 0.105. The van der Waals surface area contributed by atoms with Crippen LogP contribution in [0.25, 0.3) is 0 Å². The van der Waals surface area contributed by atoms with E-state index in [9.17, 15) is 14.4 Å². The highest BCUT2D eigenvalue weighted by atomic mass is 16.5. The van der Waals surface area contributed by atoms with Gasteiger partial charge < -0.3 is 39.4 Å². The number of likely N-dealkylation sites (tertiary alicyclic amines) is 2. The Morgan fingerprint density at radius 3 is 1.35 bits per heavy atom. The van der Waals surface area contributed by atoms with Gasteiger partial charge in [-0.05, 0) is 247 Å². The first kappa shape index (κ1) is 110. The predicted octanol–water partition coefficient (Wildman–Crippen LogP) is 21.4. The van der Waals surface area contributed by atoms with E-state index >= 15 is 0 Å². The van der Waals surface area contributed by atoms with Crippen molar-refractivity contribution in [1.82, 2.24) is 54.3 Å². The maximum Gasteiger partial charge on any atom is 0.231 e. The lowest BCUT2D eigenvalue weighted by molar-refractivity contribution is -0.129. The molecule has 5 fully saturated rings. The van der Waals surface area contributed by atoms with Crippen molar-refractivity contribution in [3.8, 4) is 11.5 Å². The molecule has 2 N–H and O–H groups in total. The topological polar surface area (TPSA) is 198 Å². The molecule has 0 aliphatic carbocycles. The average molecular weight is 1810 g/mol. The summed E-state index contributed by atoms with van der Waals surface area (Å²) in [7, 11) is 5.56. The lowest BCUT2D eigenvalue weighted by Crippen LogP contribution is -2.46. The number of rotatable bonds is 22. The van der Waals surface area contributed by atoms with Crippen molar-refractivity contribution in [3.05, 3.63) is 243 Å². The molecule has 3 amide bonds. The number of primary amides is 1. The van der Waals surface area contributed by atoms with Crippen molar-refractivity contribution < 1.29 is 33.3 Å². The van der Waals surface area contributed by atoms with Gasteiger partial charge in [0.25, 0.3) is 0 Å². The molecule has 5 aliphatic rings. The molecule has 19 nitrogen and oxygen atoms in total. The molecule has 2 atom stereocenters. The van der Waals surface area contributed by atoms with E-state index in [4.69, 9.17) is 24.7 Å². The first-order chi connectivity index (χ1) is 61.9. The van der Waals surface area contributed by atoms with Gasteiger partial charge in [0, 0.05) is 178 Å². The van der Waals surface area contributed by atoms with E-state index in [0.717, 1.165) is 190 Å². The number of nitrogens with zero attached hydrogens (tertiary/aromatic N) is 11. The molecule has 4 aromatic heterocycles. The highest BCUT2D eigenvalue weighted by molar-refractivity contribution is 5.76. The van der Waals surface area contributed by atoms with Gasteiger partial charge in [0.2, 0.25) is 17.7 Å². The first-order valence-electron chi connectivity index (χ1n) is 49.1. The Morgan fingerprint density at radius 1 is 0.447 bits per heavy atom. The van der Waals surface area contributed by atoms with E-state index in [-0.39, 0.29) is 61.7 Å². The van der Waals surface area contributed by atoms with Gasteiger partial charge in [0.1, 0.15) is 30.0 Å². The number of carbonyl (C=O) groups excluding carboxylic acids is 3. The molecule has 0 saturated carbocycles. The molecule has 2 unspecified atom stereocenters. The largest absolute Gasteiger partial charge is 0.489 e. The highest BCUT2D eigenvalue weighted by Crippen LogP contribution is 2.33. The van der Waals surface area contributed by atoms with Crippen LogP contribution in [-0.2, 0) is 101 Å². The Hall–Kier alpha value is -8.82. The van der Waals surface area contributed by atoms with Crippen LogP contribution in [0.5, 0.6) is 11.5 Å². The Bertz CT molecular complexity index is 4600. The van der Waals surface area contributed by atoms with Crippen LogP contribution in [0.15, 0.2) is 171 Å². The Balaban J connectivity index is 0.000000211. The second kappa shape index (κ2) is 52.3. The van der Waals surface area contributed by atoms with E-state index in [1.54, 1.807) is 18.2 Å². The van der Waals surface area contributed by atoms with Gasteiger partial charge in [-0.3, -0.25) is 44.0 Å². The summed E-state index contributed by atoms with van der Waals surface area (Å²) in [6.45, 7) is 67.7. The number of pyridine rings is 3. The van der Waals surface area contributed by atoms with Crippen LogP contribution in [0.4, 0.5) is 0 Å². The number of amides is 3. The molecular weight excluding hydrogens is 1640 g/mol.